The van der Waals surface area contributed by atoms with Crippen molar-refractivity contribution < 1.29 is 9.79 Å². The first kappa shape index (κ1) is 18.0. The van der Waals surface area contributed by atoms with E-state index in [0.717, 1.165) is 44.6 Å². The molecule has 7 heteroatoms. The molecule has 2 aliphatic rings. The van der Waals surface area contributed by atoms with Gasteiger partial charge in [0, 0.05) is 30.8 Å². The molecule has 29 heavy (non-hydrogen) atoms. The summed E-state index contributed by atoms with van der Waals surface area (Å²) in [6.45, 7) is 4.27. The molecule has 0 saturated heterocycles. The number of anilines is 1. The van der Waals surface area contributed by atoms with Gasteiger partial charge in [0.15, 0.2) is 5.78 Å². The monoisotopic (exact) mass is 404 g/mol. The number of thiazole rings is 1. The van der Waals surface area contributed by atoms with E-state index in [-0.39, 0.29) is 17.2 Å². The molecule has 1 atom stereocenters. The van der Waals surface area contributed by atoms with Gasteiger partial charge in [-0.3, -0.25) is 14.8 Å². The average Bonchev–Trinajstić information content (AvgIpc) is 3.09. The first-order chi connectivity index (χ1) is 14.0. The van der Waals surface area contributed by atoms with Crippen molar-refractivity contribution in [1.82, 2.24) is 15.3 Å². The van der Waals surface area contributed by atoms with Crippen LogP contribution in [0.5, 0.6) is 0 Å². The molecule has 0 fully saturated rings. The summed E-state index contributed by atoms with van der Waals surface area (Å²) in [6.07, 6.45) is 4.93. The number of pyridine rings is 1. The van der Waals surface area contributed by atoms with Crippen molar-refractivity contribution in [2.75, 3.05) is 5.32 Å². The quantitative estimate of drug-likeness (QED) is 0.612. The van der Waals surface area contributed by atoms with E-state index in [0.29, 0.717) is 6.42 Å². The van der Waals surface area contributed by atoms with Crippen molar-refractivity contribution in [3.8, 4) is 0 Å². The van der Waals surface area contributed by atoms with Crippen LogP contribution in [0.15, 0.2) is 60.1 Å². The van der Waals surface area contributed by atoms with Gasteiger partial charge < -0.3 is 0 Å². The molecule has 6 nitrogen and oxygen atoms in total. The van der Waals surface area contributed by atoms with Gasteiger partial charge >= 0.3 is 5.96 Å². The summed E-state index contributed by atoms with van der Waals surface area (Å²) in [5.41, 5.74) is 3.66. The summed E-state index contributed by atoms with van der Waals surface area (Å²) < 4.78 is 1.13. The fraction of sp³-hybridized carbons (Fsp3) is 0.273. The van der Waals surface area contributed by atoms with Crippen molar-refractivity contribution in [1.29, 1.82) is 0 Å². The minimum absolute atomic E-state index is 0.0687. The van der Waals surface area contributed by atoms with Gasteiger partial charge in [-0.15, -0.1) is 0 Å². The van der Waals surface area contributed by atoms with E-state index in [1.54, 1.807) is 17.5 Å². The smallest absolute Gasteiger partial charge is 0.294 e. The number of ketones is 1. The molecule has 0 bridgehead atoms. The number of carbonyl (C=O) groups excluding carboxylic acids is 1. The van der Waals surface area contributed by atoms with Gasteiger partial charge in [-0.1, -0.05) is 43.4 Å². The second-order valence-electron chi connectivity index (χ2n) is 8.31. The number of rotatable bonds is 2. The Morgan fingerprint density at radius 1 is 1.21 bits per heavy atom. The van der Waals surface area contributed by atoms with Crippen LogP contribution in [0, 0.1) is 5.41 Å². The van der Waals surface area contributed by atoms with Gasteiger partial charge in [0.2, 0.25) is 0 Å². The molecule has 3 aromatic rings. The largest absolute Gasteiger partial charge is 0.355 e. The molecule has 1 aliphatic heterocycles. The fourth-order valence-corrected chi connectivity index (χ4v) is 4.95. The van der Waals surface area contributed by atoms with Crippen LogP contribution in [0.4, 0.5) is 5.13 Å². The van der Waals surface area contributed by atoms with Crippen molar-refractivity contribution in [2.45, 2.75) is 32.7 Å². The maximum absolute atomic E-state index is 13.0. The molecule has 1 aliphatic carbocycles. The molecule has 146 valence electrons. The zero-order valence-electron chi connectivity index (χ0n) is 16.3. The zero-order valence-corrected chi connectivity index (χ0v) is 17.1. The number of nitrogens with zero attached hydrogens (tertiary/aromatic N) is 2. The first-order valence-electron chi connectivity index (χ1n) is 9.68. The van der Waals surface area contributed by atoms with Crippen LogP contribution in [0.25, 0.3) is 10.2 Å². The van der Waals surface area contributed by atoms with Gasteiger partial charge in [0.25, 0.3) is 5.13 Å². The second kappa shape index (κ2) is 6.77. The zero-order chi connectivity index (χ0) is 20.0. The van der Waals surface area contributed by atoms with Crippen molar-refractivity contribution in [3.05, 3.63) is 65.6 Å². The topological polar surface area (TPSA) is 80.9 Å². The van der Waals surface area contributed by atoms with E-state index in [1.807, 2.05) is 36.5 Å². The Bertz CT molecular complexity index is 1130. The molecule has 5 rings (SSSR count). The van der Waals surface area contributed by atoms with Crippen LogP contribution in [0.2, 0.25) is 0 Å². The summed E-state index contributed by atoms with van der Waals surface area (Å²) in [7, 11) is 0. The Labute approximate surface area is 172 Å². The molecule has 0 saturated carbocycles. The third-order valence-corrected chi connectivity index (χ3v) is 6.27. The highest BCUT2D eigenvalue weighted by atomic mass is 32.1. The van der Waals surface area contributed by atoms with E-state index < -0.39 is 0 Å². The summed E-state index contributed by atoms with van der Waals surface area (Å²) in [4.78, 5) is 25.4. The van der Waals surface area contributed by atoms with E-state index in [9.17, 15) is 4.79 Å². The Kier molecular flexibility index (Phi) is 4.20. The van der Waals surface area contributed by atoms with Gasteiger partial charge in [-0.25, -0.2) is 15.6 Å². The molecular weight excluding hydrogens is 382 g/mol. The number of nitrogens with one attached hydrogen (secondary N) is 3. The standard InChI is InChI=1S/C22H21N5OS/c1-22(2)10-15-18(16(28)11-22)19(13-6-5-9-23-12-13)26-20(24-15)27-21-25-14-7-3-4-8-17(14)29-21/h3-9,12,19H,10-11H2,1-2H3,(H2,24,25,26,27)/p+1/t19-/m1/s1. The molecule has 0 amide bonds. The lowest BCUT2D eigenvalue weighted by molar-refractivity contribution is -0.502. The Morgan fingerprint density at radius 2 is 2.07 bits per heavy atom. The summed E-state index contributed by atoms with van der Waals surface area (Å²) >= 11 is 1.60. The van der Waals surface area contributed by atoms with E-state index >= 15 is 0 Å². The highest BCUT2D eigenvalue weighted by Crippen LogP contribution is 2.39. The minimum atomic E-state index is -0.236. The lowest BCUT2D eigenvalue weighted by atomic mass is 9.73. The highest BCUT2D eigenvalue weighted by molar-refractivity contribution is 7.22. The highest BCUT2D eigenvalue weighted by Gasteiger charge is 2.42. The predicted molar refractivity (Wildman–Crippen MR) is 114 cm³/mol. The molecular formula is C22H22N5OS+. The number of benzene rings is 1. The van der Waals surface area contributed by atoms with Gasteiger partial charge in [0.1, 0.15) is 6.04 Å². The van der Waals surface area contributed by atoms with Crippen LogP contribution < -0.4 is 15.6 Å². The molecule has 3 N–H and O–H groups in total. The van der Waals surface area contributed by atoms with Gasteiger partial charge in [0.05, 0.1) is 21.5 Å². The number of fused-ring (bicyclic) bond motifs is 1. The number of para-hydroxylation sites is 1. The third-order valence-electron chi connectivity index (χ3n) is 5.32. The van der Waals surface area contributed by atoms with E-state index in [1.165, 1.54) is 0 Å². The number of allylic oxidation sites excluding steroid dienone is 1. The van der Waals surface area contributed by atoms with Gasteiger partial charge in [-0.2, -0.15) is 0 Å². The maximum Gasteiger partial charge on any atom is 0.355 e. The fourth-order valence-electron chi connectivity index (χ4n) is 4.08. The molecule has 0 radical (unpaired) electrons. The molecule has 1 aromatic carbocycles. The lowest BCUT2D eigenvalue weighted by Gasteiger charge is -2.34. The number of hydrogen-bond acceptors (Lipinski definition) is 6. The Balaban J connectivity index is 1.54. The number of hydrogen-bond donors (Lipinski definition) is 3. The first-order valence-corrected chi connectivity index (χ1v) is 10.5. The third kappa shape index (κ3) is 3.42. The number of aromatic nitrogens is 2. The Morgan fingerprint density at radius 3 is 2.86 bits per heavy atom. The lowest BCUT2D eigenvalue weighted by Crippen LogP contribution is -2.82. The van der Waals surface area contributed by atoms with E-state index in [2.05, 4.69) is 45.5 Å². The molecule has 0 unspecified atom stereocenters. The number of carbonyl (C=O) groups is 1. The van der Waals surface area contributed by atoms with E-state index in [4.69, 9.17) is 0 Å². The van der Waals surface area contributed by atoms with Crippen molar-refractivity contribution in [3.63, 3.8) is 0 Å². The van der Waals surface area contributed by atoms with Crippen molar-refractivity contribution >= 4 is 38.4 Å². The maximum atomic E-state index is 13.0. The second-order valence-corrected chi connectivity index (χ2v) is 9.34. The SMILES string of the molecule is CC1(C)CC(=O)C2=C(C1)NC(Nc1nc3ccccc3s1)=[NH+][C@@H]2c1cccnc1. The van der Waals surface area contributed by atoms with Crippen LogP contribution >= 0.6 is 11.3 Å². The number of guanidine groups is 1. The summed E-state index contributed by atoms with van der Waals surface area (Å²) in [6, 6.07) is 11.7. The molecule has 0 spiro atoms. The average molecular weight is 405 g/mol. The molecule has 3 heterocycles. The normalized spacial score (nSPS) is 20.8. The van der Waals surface area contributed by atoms with Crippen LogP contribution in [-0.4, -0.2) is 21.7 Å². The molecule has 2 aromatic heterocycles. The van der Waals surface area contributed by atoms with Crippen LogP contribution in [0.3, 0.4) is 0 Å². The number of Topliss-reactive ketones (excluding diaryl/α,β-unsaturated/α-hetero) is 1. The summed E-state index contributed by atoms with van der Waals surface area (Å²) in [5.74, 6) is 0.922. The van der Waals surface area contributed by atoms with Crippen LogP contribution in [-0.2, 0) is 4.79 Å². The summed E-state index contributed by atoms with van der Waals surface area (Å²) in [5, 5.41) is 7.62. The van der Waals surface area contributed by atoms with Gasteiger partial charge in [-0.05, 0) is 23.6 Å². The minimum Gasteiger partial charge on any atom is -0.294 e. The van der Waals surface area contributed by atoms with Crippen molar-refractivity contribution in [2.24, 2.45) is 5.41 Å². The van der Waals surface area contributed by atoms with Crippen LogP contribution in [0.1, 0.15) is 38.3 Å². The predicted octanol–water partition coefficient (Wildman–Crippen LogP) is 2.53. The Hall–Kier alpha value is -3.06.